The number of thiazole rings is 1. The van der Waals surface area contributed by atoms with Gasteiger partial charge in [-0.3, -0.25) is 0 Å². The minimum atomic E-state index is -3.65. The van der Waals surface area contributed by atoms with Crippen LogP contribution in [0.1, 0.15) is 24.4 Å². The molecule has 2 aromatic heterocycles. The van der Waals surface area contributed by atoms with Gasteiger partial charge in [0.05, 0.1) is 26.4 Å². The van der Waals surface area contributed by atoms with Gasteiger partial charge in [-0.05, 0) is 42.5 Å². The number of fused-ring (bicyclic) bond motifs is 1. The summed E-state index contributed by atoms with van der Waals surface area (Å²) < 4.78 is 30.6. The number of aromatic nitrogens is 3. The first-order valence-electron chi connectivity index (χ1n) is 12.2. The number of benzene rings is 3. The molecule has 0 saturated carbocycles. The topological polar surface area (TPSA) is 91.9 Å². The van der Waals surface area contributed by atoms with Crippen molar-refractivity contribution in [2.45, 2.75) is 18.7 Å². The van der Waals surface area contributed by atoms with E-state index in [-0.39, 0.29) is 4.90 Å². The molecule has 0 atom stereocenters. The lowest BCUT2D eigenvalue weighted by Gasteiger charge is -2.18. The van der Waals surface area contributed by atoms with Crippen molar-refractivity contribution in [2.75, 3.05) is 13.1 Å². The fourth-order valence-electron chi connectivity index (χ4n) is 4.23. The van der Waals surface area contributed by atoms with Gasteiger partial charge < -0.3 is 0 Å². The molecule has 0 spiro atoms. The van der Waals surface area contributed by atoms with Gasteiger partial charge in [-0.25, -0.2) is 18.1 Å². The lowest BCUT2D eigenvalue weighted by Crippen LogP contribution is -2.30. The number of para-hydroxylation sites is 2. The maximum Gasteiger partial charge on any atom is 0.243 e. The zero-order valence-corrected chi connectivity index (χ0v) is 22.6. The van der Waals surface area contributed by atoms with E-state index in [1.165, 1.54) is 15.6 Å². The van der Waals surface area contributed by atoms with Crippen LogP contribution in [-0.2, 0) is 10.0 Å². The van der Waals surface area contributed by atoms with Crippen LogP contribution in [0.2, 0.25) is 0 Å². The van der Waals surface area contributed by atoms with Crippen molar-refractivity contribution in [3.05, 3.63) is 95.6 Å². The lowest BCUT2D eigenvalue weighted by molar-refractivity contribution is 0.445. The molecule has 0 unspecified atom stereocenters. The summed E-state index contributed by atoms with van der Waals surface area (Å²) in [4.78, 5) is 4.85. The predicted octanol–water partition coefficient (Wildman–Crippen LogP) is 6.24. The number of hydrogen-bond acceptors (Lipinski definition) is 6. The molecule has 0 saturated heterocycles. The first-order valence-corrected chi connectivity index (χ1v) is 14.4. The fourth-order valence-corrected chi connectivity index (χ4v) is 6.67. The van der Waals surface area contributed by atoms with Gasteiger partial charge in [-0.1, -0.05) is 56.3 Å². The molecule has 2 heterocycles. The Labute approximate surface area is 226 Å². The van der Waals surface area contributed by atoms with Crippen LogP contribution in [-0.4, -0.2) is 40.6 Å². The third-order valence-corrected chi connectivity index (χ3v) is 9.27. The van der Waals surface area contributed by atoms with Crippen molar-refractivity contribution in [1.82, 2.24) is 19.1 Å². The highest BCUT2D eigenvalue weighted by Crippen LogP contribution is 2.32. The molecule has 9 heteroatoms. The van der Waals surface area contributed by atoms with E-state index >= 15 is 0 Å². The van der Waals surface area contributed by atoms with Gasteiger partial charge in [0.25, 0.3) is 0 Å². The summed E-state index contributed by atoms with van der Waals surface area (Å²) in [6.07, 6.45) is 3.62. The monoisotopic (exact) mass is 539 g/mol. The van der Waals surface area contributed by atoms with Crippen molar-refractivity contribution in [1.29, 1.82) is 5.26 Å². The Morgan fingerprint density at radius 3 is 2.47 bits per heavy atom. The third kappa shape index (κ3) is 4.89. The van der Waals surface area contributed by atoms with Crippen LogP contribution < -0.4 is 0 Å². The van der Waals surface area contributed by atoms with Crippen LogP contribution in [0, 0.1) is 11.3 Å². The highest BCUT2D eigenvalue weighted by Gasteiger charge is 2.23. The summed E-state index contributed by atoms with van der Waals surface area (Å²) >= 11 is 1.45. The Morgan fingerprint density at radius 1 is 1.03 bits per heavy atom. The second-order valence-electron chi connectivity index (χ2n) is 8.49. The Balaban J connectivity index is 1.66. The van der Waals surface area contributed by atoms with E-state index in [4.69, 9.17) is 5.10 Å². The van der Waals surface area contributed by atoms with Crippen LogP contribution in [0.5, 0.6) is 0 Å². The van der Waals surface area contributed by atoms with E-state index in [1.54, 1.807) is 29.0 Å². The number of nitriles is 1. The summed E-state index contributed by atoms with van der Waals surface area (Å²) in [6.45, 7) is 4.41. The first-order chi connectivity index (χ1) is 18.4. The molecule has 5 aromatic rings. The van der Waals surface area contributed by atoms with Gasteiger partial charge in [-0.15, -0.1) is 11.3 Å². The van der Waals surface area contributed by atoms with Gasteiger partial charge in [0.1, 0.15) is 16.8 Å². The summed E-state index contributed by atoms with van der Waals surface area (Å²) in [7, 11) is -3.65. The Bertz CT molecular complexity index is 1740. The number of hydrogen-bond donors (Lipinski definition) is 0. The largest absolute Gasteiger partial charge is 0.243 e. The fraction of sp³-hybridized carbons (Fsp3) is 0.138. The van der Waals surface area contributed by atoms with E-state index in [2.05, 4.69) is 11.1 Å². The molecular weight excluding hydrogens is 514 g/mol. The molecule has 5 rings (SSSR count). The van der Waals surface area contributed by atoms with Gasteiger partial charge in [-0.2, -0.15) is 14.7 Å². The summed E-state index contributed by atoms with van der Waals surface area (Å²) in [5.41, 5.74) is 3.98. The standard InChI is InChI=1S/C29H25N5O2S2/c1-3-33(4-2)38(35,36)25-14-10-11-21(18-25)28-23(20-34(32-28)24-12-6-5-7-13-24)17-22(19-30)29-31-26-15-8-9-16-27(26)37-29/h5-18,20H,3-4H2,1-2H3/b22-17+. The zero-order valence-electron chi connectivity index (χ0n) is 20.9. The van der Waals surface area contributed by atoms with Gasteiger partial charge in [0, 0.05) is 30.4 Å². The van der Waals surface area contributed by atoms with Crippen molar-refractivity contribution in [2.24, 2.45) is 0 Å². The van der Waals surface area contributed by atoms with E-state index in [0.29, 0.717) is 40.5 Å². The van der Waals surface area contributed by atoms with Crippen LogP contribution in [0.15, 0.2) is 90.0 Å². The molecule has 190 valence electrons. The molecule has 3 aromatic carbocycles. The summed E-state index contributed by atoms with van der Waals surface area (Å²) in [5.74, 6) is 0. The second-order valence-corrected chi connectivity index (χ2v) is 11.5. The maximum atomic E-state index is 13.2. The van der Waals surface area contributed by atoms with Crippen LogP contribution >= 0.6 is 11.3 Å². The predicted molar refractivity (Wildman–Crippen MR) is 152 cm³/mol. The average Bonchev–Trinajstić information content (AvgIpc) is 3.57. The minimum Gasteiger partial charge on any atom is -0.240 e. The quantitative estimate of drug-likeness (QED) is 0.218. The molecule has 0 fully saturated rings. The van der Waals surface area contributed by atoms with Crippen molar-refractivity contribution < 1.29 is 8.42 Å². The summed E-state index contributed by atoms with van der Waals surface area (Å²) in [5, 5.41) is 15.5. The molecule has 0 bridgehead atoms. The zero-order chi connectivity index (χ0) is 26.7. The molecule has 0 aliphatic rings. The third-order valence-electron chi connectivity index (χ3n) is 6.16. The average molecular weight is 540 g/mol. The van der Waals surface area contributed by atoms with Crippen LogP contribution in [0.4, 0.5) is 0 Å². The van der Waals surface area contributed by atoms with Crippen molar-refractivity contribution >= 4 is 43.2 Å². The second kappa shape index (κ2) is 10.7. The number of rotatable bonds is 8. The Kier molecular flexibility index (Phi) is 7.20. The smallest absolute Gasteiger partial charge is 0.240 e. The van der Waals surface area contributed by atoms with Crippen LogP contribution in [0.3, 0.4) is 0 Å². The summed E-state index contributed by atoms with van der Waals surface area (Å²) in [6, 6.07) is 26.5. The molecule has 0 radical (unpaired) electrons. The van der Waals surface area contributed by atoms with Gasteiger partial charge >= 0.3 is 0 Å². The normalized spacial score (nSPS) is 12.2. The van der Waals surface area contributed by atoms with Crippen LogP contribution in [0.25, 0.3) is 38.8 Å². The maximum absolute atomic E-state index is 13.2. The first kappa shape index (κ1) is 25.5. The highest BCUT2D eigenvalue weighted by atomic mass is 32.2. The SMILES string of the molecule is CCN(CC)S(=O)(=O)c1cccc(-c2nn(-c3ccccc3)cc2/C=C(\C#N)c2nc3ccccc3s2)c1. The molecule has 0 N–H and O–H groups in total. The van der Waals surface area contributed by atoms with E-state index in [0.717, 1.165) is 15.9 Å². The van der Waals surface area contributed by atoms with Crippen molar-refractivity contribution in [3.8, 4) is 23.0 Å². The molecule has 38 heavy (non-hydrogen) atoms. The van der Waals surface area contributed by atoms with Gasteiger partial charge in [0.2, 0.25) is 10.0 Å². The molecular formula is C29H25N5O2S2. The number of nitrogens with zero attached hydrogens (tertiary/aromatic N) is 5. The van der Waals surface area contributed by atoms with Crippen molar-refractivity contribution in [3.63, 3.8) is 0 Å². The van der Waals surface area contributed by atoms with E-state index in [9.17, 15) is 13.7 Å². The van der Waals surface area contributed by atoms with E-state index in [1.807, 2.05) is 80.7 Å². The lowest BCUT2D eigenvalue weighted by atomic mass is 10.1. The Morgan fingerprint density at radius 2 is 1.76 bits per heavy atom. The number of sulfonamides is 1. The number of allylic oxidation sites excluding steroid dienone is 1. The van der Waals surface area contributed by atoms with Gasteiger partial charge in [0.15, 0.2) is 0 Å². The molecule has 0 aliphatic carbocycles. The molecule has 0 amide bonds. The highest BCUT2D eigenvalue weighted by molar-refractivity contribution is 7.89. The molecule has 7 nitrogen and oxygen atoms in total. The Hall–Kier alpha value is -4.10. The minimum absolute atomic E-state index is 0.203. The molecule has 0 aliphatic heterocycles. The van der Waals surface area contributed by atoms with E-state index < -0.39 is 10.0 Å².